The number of aliphatic hydroxyl groups excluding tert-OH is 1. The van der Waals surface area contributed by atoms with E-state index in [0.717, 1.165) is 34.4 Å². The number of aliphatic hydroxyl groups is 1. The second-order valence-electron chi connectivity index (χ2n) is 12.4. The Morgan fingerprint density at radius 3 is 1.42 bits per heavy atom. The van der Waals surface area contributed by atoms with Crippen LogP contribution in [-0.4, -0.2) is 103 Å². The van der Waals surface area contributed by atoms with E-state index in [-0.39, 0.29) is 19.3 Å². The van der Waals surface area contributed by atoms with Gasteiger partial charge in [0.15, 0.2) is 0 Å². The second kappa shape index (κ2) is 20.9. The van der Waals surface area contributed by atoms with Gasteiger partial charge >= 0.3 is 19.7 Å². The maximum absolute atomic E-state index is 10.4. The number of nitrogens with one attached hydrogen (secondary N) is 4. The Balaban J connectivity index is 0.000000199. The van der Waals surface area contributed by atoms with Crippen molar-refractivity contribution in [2.24, 2.45) is 11.5 Å². The number of nitrogens with two attached hydrogens (primary N) is 2. The molecule has 6 aromatic rings. The summed E-state index contributed by atoms with van der Waals surface area (Å²) in [5, 5.41) is 15.8. The molecular weight excluding hydrogens is 800 g/mol. The number of para-hydroxylation sites is 3. The Morgan fingerprint density at radius 1 is 0.709 bits per heavy atom. The van der Waals surface area contributed by atoms with E-state index in [1.807, 2.05) is 54.9 Å². The molecule has 0 spiro atoms. The molecule has 3 aromatic carbocycles. The summed E-state index contributed by atoms with van der Waals surface area (Å²) in [5.41, 5.74) is 18.4. The van der Waals surface area contributed by atoms with Crippen molar-refractivity contribution in [3.8, 4) is 0 Å². The Hall–Kier alpha value is -3.90. The van der Waals surface area contributed by atoms with Crippen LogP contribution in [0.25, 0.3) is 32.7 Å². The summed E-state index contributed by atoms with van der Waals surface area (Å²) < 4.78 is 84.6. The maximum Gasteiger partial charge on any atom is 0.397 e. The number of rotatable bonds is 10. The molecule has 0 amide bonds. The number of hydrogen-bond acceptors (Lipinski definition) is 11. The van der Waals surface area contributed by atoms with E-state index in [1.54, 1.807) is 0 Å². The van der Waals surface area contributed by atoms with Gasteiger partial charge in [0.1, 0.15) is 0 Å². The van der Waals surface area contributed by atoms with E-state index in [0.29, 0.717) is 19.1 Å². The fraction of sp³-hybridized carbons (Fsp3) is 0.294. The van der Waals surface area contributed by atoms with Crippen LogP contribution in [0.2, 0.25) is 0 Å². The summed E-state index contributed by atoms with van der Waals surface area (Å²) in [7, 11) is -8.23. The molecule has 0 radical (unpaired) electrons. The molecule has 12 N–H and O–H groups in total. The van der Waals surface area contributed by atoms with Gasteiger partial charge in [0.2, 0.25) is 0 Å². The fourth-order valence-corrected chi connectivity index (χ4v) is 5.60. The number of aromatic nitrogens is 3. The summed E-state index contributed by atoms with van der Waals surface area (Å²) in [6, 6.07) is 24.3. The van der Waals surface area contributed by atoms with E-state index >= 15 is 0 Å². The lowest BCUT2D eigenvalue weighted by Crippen LogP contribution is -2.29. The number of halogens is 1. The van der Waals surface area contributed by atoms with Gasteiger partial charge in [-0.15, -0.1) is 0 Å². The number of fused-ring (bicyclic) bond motifs is 3. The van der Waals surface area contributed by atoms with Gasteiger partial charge in [0, 0.05) is 86.7 Å². The topological polar surface area (TPSA) is 314 Å². The van der Waals surface area contributed by atoms with Crippen LogP contribution in [0.5, 0.6) is 0 Å². The first-order valence-corrected chi connectivity index (χ1v) is 21.9. The van der Waals surface area contributed by atoms with E-state index in [9.17, 15) is 16.8 Å². The van der Waals surface area contributed by atoms with Gasteiger partial charge in [-0.3, -0.25) is 13.7 Å². The molecule has 1 saturated heterocycles. The first kappa shape index (κ1) is 45.5. The molecule has 4 heterocycles. The molecule has 55 heavy (non-hydrogen) atoms. The lowest BCUT2D eigenvalue weighted by Gasteiger charge is -2.09. The third-order valence-electron chi connectivity index (χ3n) is 7.61. The summed E-state index contributed by atoms with van der Waals surface area (Å²) in [6.07, 6.45) is 8.96. The van der Waals surface area contributed by atoms with Crippen LogP contribution in [0.1, 0.15) is 16.7 Å². The van der Waals surface area contributed by atoms with Crippen molar-refractivity contribution < 1.29 is 48.2 Å². The van der Waals surface area contributed by atoms with Gasteiger partial charge in [-0.25, -0.2) is 4.18 Å². The SMILES string of the molecule is CS(=O)(=O)O.N[C@H](CO)Cc1c[nH]c2ccccc12.N[C@H](COS(=O)(=O)O)Cc1c[nH]c2ccccc12.O=S(=O)(O)Cl.c1ccc2c(C[C@H]3CN3)c[nH]c2c1. The van der Waals surface area contributed by atoms with Crippen molar-refractivity contribution >= 4 is 73.2 Å². The fourth-order valence-electron chi connectivity index (χ4n) is 5.26. The van der Waals surface area contributed by atoms with Gasteiger partial charge in [-0.1, -0.05) is 54.6 Å². The van der Waals surface area contributed by atoms with Crippen molar-refractivity contribution in [3.05, 3.63) is 108 Å². The zero-order valence-electron chi connectivity index (χ0n) is 29.5. The molecule has 17 nitrogen and oxygen atoms in total. The van der Waals surface area contributed by atoms with Crippen molar-refractivity contribution in [2.75, 3.05) is 26.0 Å². The minimum atomic E-state index is -4.43. The smallest absolute Gasteiger partial charge is 0.395 e. The summed E-state index contributed by atoms with van der Waals surface area (Å²) >= 11 is 0. The van der Waals surface area contributed by atoms with E-state index in [2.05, 4.69) is 71.7 Å². The Labute approximate surface area is 323 Å². The summed E-state index contributed by atoms with van der Waals surface area (Å²) in [6.45, 7) is 0.956. The number of benzene rings is 3. The van der Waals surface area contributed by atoms with Crippen molar-refractivity contribution in [2.45, 2.75) is 37.4 Å². The van der Waals surface area contributed by atoms with Crippen molar-refractivity contribution in [1.29, 1.82) is 0 Å². The molecule has 7 rings (SSSR count). The highest BCUT2D eigenvalue weighted by Gasteiger charge is 2.21. The molecule has 0 unspecified atom stereocenters. The number of H-pyrrole nitrogens is 3. The first-order chi connectivity index (χ1) is 25.7. The number of hydrogen-bond donors (Lipinski definition) is 10. The van der Waals surface area contributed by atoms with Crippen LogP contribution in [0, 0.1) is 0 Å². The van der Waals surface area contributed by atoms with E-state index in [4.69, 9.17) is 38.6 Å². The van der Waals surface area contributed by atoms with Crippen LogP contribution < -0.4 is 16.8 Å². The van der Waals surface area contributed by atoms with Crippen LogP contribution in [0.3, 0.4) is 0 Å². The molecule has 3 aromatic heterocycles. The Morgan fingerprint density at radius 2 is 1.05 bits per heavy atom. The highest BCUT2D eigenvalue weighted by molar-refractivity contribution is 8.09. The molecular formula is C34H45ClN6O11S3. The minimum absolute atomic E-state index is 0.0273. The summed E-state index contributed by atoms with van der Waals surface area (Å²) in [5.74, 6) is 0. The normalized spacial score (nSPS) is 14.9. The monoisotopic (exact) mass is 844 g/mol. The van der Waals surface area contributed by atoms with Gasteiger partial charge < -0.3 is 36.8 Å². The van der Waals surface area contributed by atoms with Crippen LogP contribution >= 0.6 is 10.7 Å². The van der Waals surface area contributed by atoms with Gasteiger partial charge in [-0.05, 0) is 54.2 Å². The third kappa shape index (κ3) is 18.5. The van der Waals surface area contributed by atoms with Crippen molar-refractivity contribution in [3.63, 3.8) is 0 Å². The molecule has 1 fully saturated rings. The zero-order chi connectivity index (χ0) is 40.8. The van der Waals surface area contributed by atoms with Gasteiger partial charge in [0.25, 0.3) is 10.1 Å². The molecule has 0 bridgehead atoms. The molecule has 302 valence electrons. The molecule has 1 aliphatic heterocycles. The van der Waals surface area contributed by atoms with Gasteiger partial charge in [0.05, 0.1) is 19.5 Å². The minimum Gasteiger partial charge on any atom is -0.395 e. The molecule has 1 aliphatic rings. The Bertz CT molecular complexity index is 2390. The molecule has 0 saturated carbocycles. The highest BCUT2D eigenvalue weighted by atomic mass is 35.7. The molecule has 0 aliphatic carbocycles. The second-order valence-corrected chi connectivity index (χ2v) is 16.9. The standard InChI is InChI=1S/C11H14N2O4S.C11H14N2O.C11H12N2.CH4O3S.ClHO3S/c12-9(7-17-18(14,15)16)5-8-6-13-11-4-2-1-3-10(8)11;12-9(7-14)5-8-6-13-11-4-2-1-3-10(8)11;1-2-4-11-10(3-1)8(6-13-11)5-9-7-12-9;2*1-5(2,3)4/h1-4,6,9,13H,5,7,12H2,(H,14,15,16);1-4,6,9,13-14H,5,7,12H2;1-4,6,9,12-13H,5,7H2;1H3,(H,2,3,4);(H,2,3,4)/t3*9-;;/m000../s1. The van der Waals surface area contributed by atoms with Crippen LogP contribution in [-0.2, 0) is 53.3 Å². The highest BCUT2D eigenvalue weighted by Crippen LogP contribution is 2.21. The van der Waals surface area contributed by atoms with E-state index in [1.165, 1.54) is 34.0 Å². The zero-order valence-corrected chi connectivity index (χ0v) is 32.7. The maximum atomic E-state index is 10.4. The predicted octanol–water partition coefficient (Wildman–Crippen LogP) is 3.10. The van der Waals surface area contributed by atoms with Crippen LogP contribution in [0.15, 0.2) is 91.4 Å². The van der Waals surface area contributed by atoms with Crippen molar-refractivity contribution in [1.82, 2.24) is 20.3 Å². The third-order valence-corrected chi connectivity index (χ3v) is 8.05. The largest absolute Gasteiger partial charge is 0.397 e. The average molecular weight is 845 g/mol. The average Bonchev–Trinajstić information content (AvgIpc) is 3.48. The van der Waals surface area contributed by atoms with E-state index < -0.39 is 35.9 Å². The lowest BCUT2D eigenvalue weighted by molar-refractivity contribution is 0.250. The lowest BCUT2D eigenvalue weighted by atomic mass is 10.1. The molecule has 3 atom stereocenters. The summed E-state index contributed by atoms with van der Waals surface area (Å²) in [4.78, 5) is 9.58. The quantitative estimate of drug-likeness (QED) is 0.0539. The van der Waals surface area contributed by atoms with Gasteiger partial charge in [-0.2, -0.15) is 25.3 Å². The number of aromatic amines is 3. The predicted molar refractivity (Wildman–Crippen MR) is 213 cm³/mol. The molecule has 21 heteroatoms. The Kier molecular flexibility index (Phi) is 17.2. The van der Waals surface area contributed by atoms with Crippen LogP contribution in [0.4, 0.5) is 0 Å². The first-order valence-electron chi connectivity index (χ1n) is 16.4.